The summed E-state index contributed by atoms with van der Waals surface area (Å²) in [6.45, 7) is 6.84. The summed E-state index contributed by atoms with van der Waals surface area (Å²) in [6.07, 6.45) is 7.79. The van der Waals surface area contributed by atoms with E-state index in [0.717, 1.165) is 11.8 Å². The van der Waals surface area contributed by atoms with E-state index in [1.54, 1.807) is 5.57 Å². The van der Waals surface area contributed by atoms with E-state index < -0.39 is 0 Å². The standard InChI is InChI=1S/C11H14/c1-5-9-10-6-8(4)11(9,10)7(2)3/h1,6-9H,2-4H3. The van der Waals surface area contributed by atoms with Crippen LogP contribution in [0.1, 0.15) is 20.8 Å². The Hall–Kier alpha value is -0.700. The number of terminal acetylenes is 1. The van der Waals surface area contributed by atoms with Crippen LogP contribution in [-0.2, 0) is 0 Å². The van der Waals surface area contributed by atoms with Gasteiger partial charge in [-0.15, -0.1) is 6.42 Å². The van der Waals surface area contributed by atoms with Crippen LogP contribution in [0.2, 0.25) is 0 Å². The molecule has 0 aromatic heterocycles. The summed E-state index contributed by atoms with van der Waals surface area (Å²) >= 11 is 0. The molecule has 1 saturated carbocycles. The van der Waals surface area contributed by atoms with Gasteiger partial charge in [-0.1, -0.05) is 32.8 Å². The SMILES string of the molecule is C#CC1C2=CC(C)C21C(C)C. The molecule has 11 heavy (non-hydrogen) atoms. The predicted octanol–water partition coefficient (Wildman–Crippen LogP) is 2.47. The number of rotatable bonds is 1. The zero-order valence-corrected chi connectivity index (χ0v) is 7.39. The highest BCUT2D eigenvalue weighted by molar-refractivity contribution is 5.55. The molecule has 0 bridgehead atoms. The third-order valence-electron chi connectivity index (χ3n) is 3.51. The van der Waals surface area contributed by atoms with E-state index in [-0.39, 0.29) is 0 Å². The first kappa shape index (κ1) is 6.98. The minimum absolute atomic E-state index is 0.439. The first-order valence-electron chi connectivity index (χ1n) is 4.34. The van der Waals surface area contributed by atoms with Gasteiger partial charge in [-0.25, -0.2) is 0 Å². The second kappa shape index (κ2) is 1.72. The minimum atomic E-state index is 0.439. The lowest BCUT2D eigenvalue weighted by Crippen LogP contribution is -2.25. The van der Waals surface area contributed by atoms with E-state index in [9.17, 15) is 0 Å². The van der Waals surface area contributed by atoms with E-state index >= 15 is 0 Å². The Morgan fingerprint density at radius 1 is 1.64 bits per heavy atom. The first-order chi connectivity index (χ1) is 5.15. The molecular formula is C11H14. The van der Waals surface area contributed by atoms with E-state index in [0.29, 0.717) is 11.3 Å². The largest absolute Gasteiger partial charge is 0.119 e. The van der Waals surface area contributed by atoms with E-state index in [2.05, 4.69) is 32.8 Å². The van der Waals surface area contributed by atoms with E-state index in [1.165, 1.54) is 0 Å². The zero-order valence-electron chi connectivity index (χ0n) is 7.39. The molecule has 0 radical (unpaired) electrons. The summed E-state index contributed by atoms with van der Waals surface area (Å²) in [5.74, 6) is 4.81. The third kappa shape index (κ3) is 0.506. The molecule has 0 aromatic rings. The maximum Gasteiger partial charge on any atom is 0.0517 e. The fourth-order valence-electron chi connectivity index (χ4n) is 2.89. The number of allylic oxidation sites excluding steroid dienone is 2. The van der Waals surface area contributed by atoms with Gasteiger partial charge >= 0.3 is 0 Å². The molecule has 0 aromatic carbocycles. The quantitative estimate of drug-likeness (QED) is 0.394. The van der Waals surface area contributed by atoms with Crippen molar-refractivity contribution < 1.29 is 0 Å². The minimum Gasteiger partial charge on any atom is -0.119 e. The Kier molecular flexibility index (Phi) is 1.09. The van der Waals surface area contributed by atoms with Gasteiger partial charge in [0.1, 0.15) is 0 Å². The second-order valence-corrected chi connectivity index (χ2v) is 4.10. The van der Waals surface area contributed by atoms with E-state index in [1.807, 2.05) is 0 Å². The molecule has 0 nitrogen and oxygen atoms in total. The van der Waals surface area contributed by atoms with Gasteiger partial charge in [-0.05, 0) is 17.4 Å². The Labute approximate surface area is 68.7 Å². The summed E-state index contributed by atoms with van der Waals surface area (Å²) in [6, 6.07) is 0. The molecule has 2 aliphatic carbocycles. The third-order valence-corrected chi connectivity index (χ3v) is 3.51. The van der Waals surface area contributed by atoms with Crippen LogP contribution >= 0.6 is 0 Å². The second-order valence-electron chi connectivity index (χ2n) is 4.10. The van der Waals surface area contributed by atoms with Gasteiger partial charge in [0.15, 0.2) is 0 Å². The molecule has 0 aliphatic heterocycles. The number of fused-ring (bicyclic) bond motifs is 1. The molecule has 0 heteroatoms. The fourth-order valence-corrected chi connectivity index (χ4v) is 2.89. The lowest BCUT2D eigenvalue weighted by molar-refractivity contribution is 0.263. The van der Waals surface area contributed by atoms with Gasteiger partial charge in [0, 0.05) is 5.41 Å². The Balaban J connectivity index is 2.31. The van der Waals surface area contributed by atoms with Crippen molar-refractivity contribution in [1.82, 2.24) is 0 Å². The molecule has 0 spiro atoms. The topological polar surface area (TPSA) is 0 Å². The highest BCUT2D eigenvalue weighted by atomic mass is 14.7. The van der Waals surface area contributed by atoms with Gasteiger partial charge in [-0.2, -0.15) is 0 Å². The molecule has 3 atom stereocenters. The summed E-state index contributed by atoms with van der Waals surface area (Å²) in [5, 5.41) is 0. The smallest absolute Gasteiger partial charge is 0.0517 e. The van der Waals surface area contributed by atoms with Crippen LogP contribution in [0.3, 0.4) is 0 Å². The summed E-state index contributed by atoms with van der Waals surface area (Å²) in [4.78, 5) is 0. The summed E-state index contributed by atoms with van der Waals surface area (Å²) in [7, 11) is 0. The van der Waals surface area contributed by atoms with Crippen LogP contribution < -0.4 is 0 Å². The molecule has 0 amide bonds. The fraction of sp³-hybridized carbons (Fsp3) is 0.636. The van der Waals surface area contributed by atoms with Gasteiger partial charge < -0.3 is 0 Å². The van der Waals surface area contributed by atoms with Crippen molar-refractivity contribution in [2.75, 3.05) is 0 Å². The Morgan fingerprint density at radius 3 is 2.45 bits per heavy atom. The van der Waals surface area contributed by atoms with Gasteiger partial charge in [-0.3, -0.25) is 0 Å². The van der Waals surface area contributed by atoms with Crippen molar-refractivity contribution in [3.05, 3.63) is 11.6 Å². The van der Waals surface area contributed by atoms with Crippen LogP contribution in [0.5, 0.6) is 0 Å². The van der Waals surface area contributed by atoms with Crippen LogP contribution in [0.15, 0.2) is 11.6 Å². The monoisotopic (exact) mass is 146 g/mol. The highest BCUT2D eigenvalue weighted by Crippen LogP contribution is 2.73. The predicted molar refractivity (Wildman–Crippen MR) is 46.8 cm³/mol. The molecule has 58 valence electrons. The molecule has 0 heterocycles. The highest BCUT2D eigenvalue weighted by Gasteiger charge is 2.68. The Bertz CT molecular complexity index is 264. The molecule has 0 N–H and O–H groups in total. The lowest BCUT2D eigenvalue weighted by atomic mass is 9.73. The molecule has 2 aliphatic rings. The zero-order chi connectivity index (χ0) is 8.22. The molecular weight excluding hydrogens is 132 g/mol. The van der Waals surface area contributed by atoms with Crippen LogP contribution in [0, 0.1) is 35.5 Å². The van der Waals surface area contributed by atoms with Crippen LogP contribution in [0.4, 0.5) is 0 Å². The average molecular weight is 146 g/mol. The van der Waals surface area contributed by atoms with Gasteiger partial charge in [0.05, 0.1) is 5.92 Å². The average Bonchev–Trinajstić information content (AvgIpc) is 2.49. The molecule has 2 rings (SSSR count). The van der Waals surface area contributed by atoms with E-state index in [4.69, 9.17) is 6.42 Å². The van der Waals surface area contributed by atoms with Crippen LogP contribution in [0.25, 0.3) is 0 Å². The van der Waals surface area contributed by atoms with Crippen molar-refractivity contribution in [1.29, 1.82) is 0 Å². The normalized spacial score (nSPS) is 45.5. The number of hydrogen-bond acceptors (Lipinski definition) is 0. The van der Waals surface area contributed by atoms with Crippen molar-refractivity contribution in [2.45, 2.75) is 20.8 Å². The van der Waals surface area contributed by atoms with Crippen molar-refractivity contribution in [3.63, 3.8) is 0 Å². The number of hydrogen-bond donors (Lipinski definition) is 0. The molecule has 1 fully saturated rings. The lowest BCUT2D eigenvalue weighted by Gasteiger charge is -2.30. The van der Waals surface area contributed by atoms with Gasteiger partial charge in [0.2, 0.25) is 0 Å². The van der Waals surface area contributed by atoms with Crippen molar-refractivity contribution in [2.24, 2.45) is 23.2 Å². The molecule has 0 saturated heterocycles. The van der Waals surface area contributed by atoms with Crippen molar-refractivity contribution >= 4 is 0 Å². The van der Waals surface area contributed by atoms with Gasteiger partial charge in [0.25, 0.3) is 0 Å². The maximum absolute atomic E-state index is 5.45. The summed E-state index contributed by atoms with van der Waals surface area (Å²) in [5.41, 5.74) is 1.98. The maximum atomic E-state index is 5.45. The van der Waals surface area contributed by atoms with Crippen molar-refractivity contribution in [3.8, 4) is 12.3 Å². The first-order valence-corrected chi connectivity index (χ1v) is 4.34. The Morgan fingerprint density at radius 2 is 2.27 bits per heavy atom. The van der Waals surface area contributed by atoms with Crippen LogP contribution in [-0.4, -0.2) is 0 Å². The molecule has 3 unspecified atom stereocenters. The summed E-state index contributed by atoms with van der Waals surface area (Å²) < 4.78 is 0.